The first-order valence-corrected chi connectivity index (χ1v) is 13.8. The number of benzene rings is 2. The third-order valence-corrected chi connectivity index (χ3v) is 7.88. The van der Waals surface area contributed by atoms with Crippen molar-refractivity contribution in [3.63, 3.8) is 0 Å². The topological polar surface area (TPSA) is 130 Å². The maximum atomic E-state index is 14.0. The highest BCUT2D eigenvalue weighted by molar-refractivity contribution is 7.07. The van der Waals surface area contributed by atoms with Crippen LogP contribution in [0.5, 0.6) is 11.5 Å². The first kappa shape index (κ1) is 28.6. The second kappa shape index (κ2) is 11.5. The molecule has 1 atom stereocenters. The van der Waals surface area contributed by atoms with E-state index in [-0.39, 0.29) is 23.3 Å². The molecule has 1 aliphatic heterocycles. The van der Waals surface area contributed by atoms with Gasteiger partial charge in [-0.3, -0.25) is 9.36 Å². The van der Waals surface area contributed by atoms with Crippen LogP contribution in [0.3, 0.4) is 0 Å². The second-order valence-electron chi connectivity index (χ2n) is 9.45. The summed E-state index contributed by atoms with van der Waals surface area (Å²) in [5.74, 6) is 0.223. The van der Waals surface area contributed by atoms with E-state index in [4.69, 9.17) is 18.6 Å². The fourth-order valence-corrected chi connectivity index (χ4v) is 5.89. The third-order valence-electron chi connectivity index (χ3n) is 6.90. The lowest BCUT2D eigenvalue weighted by Gasteiger charge is -2.26. The lowest BCUT2D eigenvalue weighted by molar-refractivity contribution is -0.139. The predicted molar refractivity (Wildman–Crippen MR) is 156 cm³/mol. The molecule has 3 heterocycles. The Morgan fingerprint density at radius 3 is 2.57 bits per heavy atom. The lowest BCUT2D eigenvalue weighted by Crippen LogP contribution is -2.40. The quantitative estimate of drug-likeness (QED) is 0.305. The van der Waals surface area contributed by atoms with Crippen LogP contribution in [-0.2, 0) is 9.53 Å². The molecule has 1 N–H and O–H groups in total. The van der Waals surface area contributed by atoms with Crippen LogP contribution >= 0.6 is 11.3 Å². The number of furan rings is 1. The van der Waals surface area contributed by atoms with Crippen LogP contribution in [0.1, 0.15) is 47.1 Å². The molecule has 4 aromatic rings. The number of carbonyl (C=O) groups excluding carboxylic acids is 1. The van der Waals surface area contributed by atoms with E-state index < -0.39 is 18.0 Å². The molecule has 11 heteroatoms. The number of nitrogens with zero attached hydrogens (tertiary/aromatic N) is 2. The number of carboxylic acids is 1. The Hall–Kier alpha value is -4.90. The number of carbonyl (C=O) groups is 2. The van der Waals surface area contributed by atoms with Crippen LogP contribution < -0.4 is 24.4 Å². The second-order valence-corrected chi connectivity index (χ2v) is 10.5. The number of fused-ring (bicyclic) bond motifs is 1. The van der Waals surface area contributed by atoms with Gasteiger partial charge < -0.3 is 23.7 Å². The van der Waals surface area contributed by atoms with Gasteiger partial charge in [-0.15, -0.1) is 0 Å². The smallest absolute Gasteiger partial charge is 0.338 e. The molecule has 0 fully saturated rings. The fraction of sp³-hybridized carbons (Fsp3) is 0.226. The first-order chi connectivity index (χ1) is 20.2. The Morgan fingerprint density at radius 2 is 1.88 bits per heavy atom. The molecular formula is C31H28N2O8S. The molecule has 0 aliphatic carbocycles. The molecular weight excluding hydrogens is 560 g/mol. The normalized spacial score (nSPS) is 14.8. The number of thiazole rings is 1. The number of ether oxygens (including phenoxy) is 3. The van der Waals surface area contributed by atoms with Crippen LogP contribution in [0.2, 0.25) is 0 Å². The van der Waals surface area contributed by atoms with E-state index in [1.807, 2.05) is 6.92 Å². The number of esters is 1. The number of hydrogen-bond donors (Lipinski definition) is 1. The van der Waals surface area contributed by atoms with Gasteiger partial charge in [0.25, 0.3) is 5.56 Å². The molecule has 216 valence electrons. The van der Waals surface area contributed by atoms with Gasteiger partial charge in [-0.25, -0.2) is 14.6 Å². The largest absolute Gasteiger partial charge is 0.497 e. The Kier molecular flexibility index (Phi) is 7.86. The Morgan fingerprint density at radius 1 is 1.10 bits per heavy atom. The van der Waals surface area contributed by atoms with Crippen molar-refractivity contribution in [1.82, 2.24) is 4.57 Å². The molecule has 0 radical (unpaired) electrons. The average molecular weight is 589 g/mol. The van der Waals surface area contributed by atoms with Gasteiger partial charge in [-0.2, -0.15) is 0 Å². The van der Waals surface area contributed by atoms with Crippen LogP contribution in [0, 0.1) is 6.92 Å². The number of aromatic carboxylic acids is 1. The predicted octanol–water partition coefficient (Wildman–Crippen LogP) is 4.08. The Bertz CT molecular complexity index is 1930. The fourth-order valence-electron chi connectivity index (χ4n) is 4.86. The molecule has 0 bridgehead atoms. The highest BCUT2D eigenvalue weighted by atomic mass is 32.1. The highest BCUT2D eigenvalue weighted by Gasteiger charge is 2.35. The van der Waals surface area contributed by atoms with Gasteiger partial charge in [-0.05, 0) is 68.8 Å². The van der Waals surface area contributed by atoms with Gasteiger partial charge in [0.1, 0.15) is 29.1 Å². The van der Waals surface area contributed by atoms with Gasteiger partial charge in [0.05, 0.1) is 42.2 Å². The van der Waals surface area contributed by atoms with Gasteiger partial charge in [0.15, 0.2) is 4.80 Å². The number of methoxy groups -OCH3 is 2. The van der Waals surface area contributed by atoms with E-state index in [9.17, 15) is 19.5 Å². The Labute approximate surface area is 244 Å². The van der Waals surface area contributed by atoms with Gasteiger partial charge >= 0.3 is 11.9 Å². The zero-order chi connectivity index (χ0) is 30.1. The third kappa shape index (κ3) is 5.14. The standard InChI is InChI=1S/C31H28N2O8S/c1-6-40-30(37)26-17(3)32-31-33(27(26)22-14-19(38-4)9-11-23(22)39-5)28(34)25(42-31)15-20-10-12-24(41-20)21-13-18(29(35)36)8-7-16(21)2/h7-15,27H,6H2,1-5H3,(H,35,36)/b25-15-/t27-/m0/s1. The molecule has 0 amide bonds. The van der Waals surface area contributed by atoms with Gasteiger partial charge in [-0.1, -0.05) is 17.4 Å². The van der Waals surface area contributed by atoms with E-state index >= 15 is 0 Å². The maximum absolute atomic E-state index is 14.0. The van der Waals surface area contributed by atoms with Crippen molar-refractivity contribution in [2.45, 2.75) is 26.8 Å². The summed E-state index contributed by atoms with van der Waals surface area (Å²) in [6.45, 7) is 5.42. The van der Waals surface area contributed by atoms with Gasteiger partial charge in [0.2, 0.25) is 0 Å². The van der Waals surface area contributed by atoms with Crippen molar-refractivity contribution in [3.05, 3.63) is 102 Å². The first-order valence-electron chi connectivity index (χ1n) is 13.0. The summed E-state index contributed by atoms with van der Waals surface area (Å²) in [6, 6.07) is 12.5. The number of aromatic nitrogens is 1. The van der Waals surface area contributed by atoms with Crippen LogP contribution in [0.25, 0.3) is 17.4 Å². The highest BCUT2D eigenvalue weighted by Crippen LogP contribution is 2.38. The molecule has 0 spiro atoms. The van der Waals surface area contributed by atoms with Gasteiger partial charge in [0, 0.05) is 17.2 Å². The summed E-state index contributed by atoms with van der Waals surface area (Å²) < 4.78 is 24.2. The number of carboxylic acid groups (broad SMARTS) is 1. The van der Waals surface area contributed by atoms with Crippen LogP contribution in [0.15, 0.2) is 74.0 Å². The molecule has 1 aliphatic rings. The number of hydrogen-bond acceptors (Lipinski definition) is 9. The zero-order valence-electron chi connectivity index (χ0n) is 23.6. The van der Waals surface area contributed by atoms with E-state index in [0.717, 1.165) is 16.9 Å². The minimum Gasteiger partial charge on any atom is -0.497 e. The summed E-state index contributed by atoms with van der Waals surface area (Å²) in [7, 11) is 3.04. The average Bonchev–Trinajstić information content (AvgIpc) is 3.56. The molecule has 0 unspecified atom stereocenters. The van der Waals surface area contributed by atoms with E-state index in [2.05, 4.69) is 4.99 Å². The summed E-state index contributed by atoms with van der Waals surface area (Å²) in [5, 5.41) is 9.40. The molecule has 2 aromatic carbocycles. The molecule has 0 saturated carbocycles. The van der Waals surface area contributed by atoms with Crippen LogP contribution in [-0.4, -0.2) is 42.4 Å². The molecule has 0 saturated heterocycles. The number of aryl methyl sites for hydroxylation is 1. The van der Waals surface area contributed by atoms with E-state index in [0.29, 0.717) is 49.2 Å². The number of allylic oxidation sites excluding steroid dienone is 1. The number of rotatable bonds is 8. The summed E-state index contributed by atoms with van der Waals surface area (Å²) in [5.41, 5.74) is 2.41. The van der Waals surface area contributed by atoms with E-state index in [1.54, 1.807) is 62.4 Å². The van der Waals surface area contributed by atoms with Crippen molar-refractivity contribution in [3.8, 4) is 22.8 Å². The monoisotopic (exact) mass is 588 g/mol. The van der Waals surface area contributed by atoms with Crippen molar-refractivity contribution >= 4 is 29.4 Å². The van der Waals surface area contributed by atoms with E-state index in [1.165, 1.54) is 24.9 Å². The maximum Gasteiger partial charge on any atom is 0.338 e. The summed E-state index contributed by atoms with van der Waals surface area (Å²) >= 11 is 1.16. The molecule has 2 aromatic heterocycles. The minimum absolute atomic E-state index is 0.141. The molecule has 5 rings (SSSR count). The van der Waals surface area contributed by atoms with Crippen molar-refractivity contribution < 1.29 is 33.3 Å². The van der Waals surface area contributed by atoms with Crippen molar-refractivity contribution in [1.29, 1.82) is 0 Å². The summed E-state index contributed by atoms with van der Waals surface area (Å²) in [6.07, 6.45) is 1.60. The lowest BCUT2D eigenvalue weighted by atomic mass is 9.95. The molecule has 10 nitrogen and oxygen atoms in total. The molecule has 42 heavy (non-hydrogen) atoms. The summed E-state index contributed by atoms with van der Waals surface area (Å²) in [4.78, 5) is 43.6. The SMILES string of the molecule is CCOC(=O)C1=C(C)N=c2s/c(=C\c3ccc(-c4cc(C(=O)O)ccc4C)o3)c(=O)n2[C@H]1c1cc(OC)ccc1OC. The van der Waals surface area contributed by atoms with Crippen molar-refractivity contribution in [2.75, 3.05) is 20.8 Å². The Balaban J connectivity index is 1.67. The van der Waals surface area contributed by atoms with Crippen LogP contribution in [0.4, 0.5) is 0 Å². The zero-order valence-corrected chi connectivity index (χ0v) is 24.4. The minimum atomic E-state index is -1.04. The van der Waals surface area contributed by atoms with Crippen molar-refractivity contribution in [2.24, 2.45) is 4.99 Å².